The fraction of sp³-hybridized carbons (Fsp3) is 0.533. The van der Waals surface area contributed by atoms with Crippen LogP contribution < -0.4 is 5.32 Å². The van der Waals surface area contributed by atoms with Gasteiger partial charge >= 0.3 is 0 Å². The molecular weight excluding hydrogens is 262 g/mol. The summed E-state index contributed by atoms with van der Waals surface area (Å²) in [5.41, 5.74) is 1.75. The molecule has 0 saturated heterocycles. The summed E-state index contributed by atoms with van der Waals surface area (Å²) < 4.78 is 0. The van der Waals surface area contributed by atoms with Crippen molar-refractivity contribution < 1.29 is 9.90 Å². The van der Waals surface area contributed by atoms with Gasteiger partial charge < -0.3 is 10.4 Å². The van der Waals surface area contributed by atoms with E-state index in [9.17, 15) is 9.90 Å². The zero-order chi connectivity index (χ0) is 14.2. The number of benzene rings is 1. The molecule has 0 aromatic heterocycles. The summed E-state index contributed by atoms with van der Waals surface area (Å²) in [6.07, 6.45) is 2.21. The van der Waals surface area contributed by atoms with Crippen LogP contribution in [0.15, 0.2) is 12.1 Å². The van der Waals surface area contributed by atoms with Crippen LogP contribution in [-0.4, -0.2) is 11.0 Å². The Bertz CT molecular complexity index is 511. The Balaban J connectivity index is 2.39. The lowest BCUT2D eigenvalue weighted by Gasteiger charge is -2.18. The molecule has 1 amide bonds. The van der Waals surface area contributed by atoms with Crippen LogP contribution in [0.4, 0.5) is 5.69 Å². The van der Waals surface area contributed by atoms with Gasteiger partial charge in [0, 0.05) is 0 Å². The lowest BCUT2D eigenvalue weighted by Crippen LogP contribution is -2.26. The van der Waals surface area contributed by atoms with Crippen molar-refractivity contribution in [2.24, 2.45) is 0 Å². The quantitative estimate of drug-likeness (QED) is 0.882. The summed E-state index contributed by atoms with van der Waals surface area (Å²) in [7, 11) is 0. The van der Waals surface area contributed by atoms with E-state index in [2.05, 4.69) is 12.2 Å². The molecule has 0 radical (unpaired) electrons. The van der Waals surface area contributed by atoms with Gasteiger partial charge in [0.05, 0.1) is 22.2 Å². The first-order chi connectivity index (χ1) is 8.87. The minimum Gasteiger partial charge on any atom is -0.388 e. The van der Waals surface area contributed by atoms with Gasteiger partial charge in [-0.25, -0.2) is 0 Å². The Morgan fingerprint density at radius 3 is 2.74 bits per heavy atom. The molecule has 3 nitrogen and oxygen atoms in total. The number of rotatable bonds is 4. The number of carbonyl (C=O) groups excluding carboxylic acids is 1. The number of hydrogen-bond acceptors (Lipinski definition) is 2. The number of hydrogen-bond donors (Lipinski definition) is 2. The number of aliphatic hydroxyl groups is 1. The number of anilines is 1. The van der Waals surface area contributed by atoms with Crippen LogP contribution in [0.1, 0.15) is 57.3 Å². The first kappa shape index (κ1) is 14.4. The van der Waals surface area contributed by atoms with Crippen LogP contribution in [0.3, 0.4) is 0 Å². The summed E-state index contributed by atoms with van der Waals surface area (Å²) >= 11 is 6.22. The average molecular weight is 282 g/mol. The van der Waals surface area contributed by atoms with E-state index in [1.165, 1.54) is 0 Å². The normalized spacial score (nSPS) is 18.1. The lowest BCUT2D eigenvalue weighted by molar-refractivity contribution is -0.119. The third-order valence-electron chi connectivity index (χ3n) is 3.81. The second-order valence-corrected chi connectivity index (χ2v) is 6.07. The minimum atomic E-state index is -0.598. The number of aliphatic hydroxyl groups excluding tert-OH is 1. The van der Waals surface area contributed by atoms with E-state index in [0.717, 1.165) is 24.0 Å². The molecule has 0 aliphatic carbocycles. The largest absolute Gasteiger partial charge is 0.388 e. The van der Waals surface area contributed by atoms with Crippen molar-refractivity contribution in [3.05, 3.63) is 28.3 Å². The molecule has 0 fully saturated rings. The molecule has 2 rings (SSSR count). The monoisotopic (exact) mass is 281 g/mol. The van der Waals surface area contributed by atoms with E-state index >= 15 is 0 Å². The van der Waals surface area contributed by atoms with Crippen LogP contribution in [-0.2, 0) is 10.2 Å². The van der Waals surface area contributed by atoms with Crippen molar-refractivity contribution in [3.8, 4) is 0 Å². The second-order valence-electron chi connectivity index (χ2n) is 5.66. The first-order valence-corrected chi connectivity index (χ1v) is 7.09. The van der Waals surface area contributed by atoms with E-state index in [0.29, 0.717) is 17.1 Å². The van der Waals surface area contributed by atoms with E-state index in [1.54, 1.807) is 6.07 Å². The molecule has 19 heavy (non-hydrogen) atoms. The maximum Gasteiger partial charge on any atom is 0.234 e. The molecule has 1 heterocycles. The van der Waals surface area contributed by atoms with E-state index in [-0.39, 0.29) is 5.91 Å². The van der Waals surface area contributed by atoms with Crippen molar-refractivity contribution in [2.75, 3.05) is 5.32 Å². The molecule has 0 spiro atoms. The van der Waals surface area contributed by atoms with Crippen molar-refractivity contribution in [2.45, 2.75) is 51.6 Å². The molecule has 2 N–H and O–H groups in total. The van der Waals surface area contributed by atoms with Gasteiger partial charge in [-0.15, -0.1) is 0 Å². The molecule has 1 atom stereocenters. The van der Waals surface area contributed by atoms with Crippen LogP contribution >= 0.6 is 11.6 Å². The van der Waals surface area contributed by atoms with E-state index in [1.807, 2.05) is 19.9 Å². The minimum absolute atomic E-state index is 0.0513. The number of nitrogens with one attached hydrogen (secondary N) is 1. The average Bonchev–Trinajstić information content (AvgIpc) is 2.59. The van der Waals surface area contributed by atoms with Gasteiger partial charge in [0.1, 0.15) is 0 Å². The Morgan fingerprint density at radius 1 is 1.42 bits per heavy atom. The van der Waals surface area contributed by atoms with E-state index < -0.39 is 11.5 Å². The van der Waals surface area contributed by atoms with Crippen LogP contribution in [0.5, 0.6) is 0 Å². The van der Waals surface area contributed by atoms with Gasteiger partial charge in [-0.05, 0) is 43.5 Å². The third-order valence-corrected chi connectivity index (χ3v) is 4.11. The standard InChI is InChI=1S/C15H20ClNO2/c1-4-5-6-12(18)9-7-10-13(11(16)8-9)17-14(19)15(10,2)3/h7-8,12,18H,4-6H2,1-3H3,(H,17,19). The highest BCUT2D eigenvalue weighted by molar-refractivity contribution is 6.35. The van der Waals surface area contributed by atoms with Crippen LogP contribution in [0.2, 0.25) is 5.02 Å². The number of amides is 1. The zero-order valence-corrected chi connectivity index (χ0v) is 12.3. The van der Waals surface area contributed by atoms with Gasteiger partial charge in [-0.3, -0.25) is 4.79 Å². The second kappa shape index (κ2) is 5.14. The van der Waals surface area contributed by atoms with Crippen molar-refractivity contribution in [1.29, 1.82) is 0 Å². The molecule has 1 aromatic carbocycles. The topological polar surface area (TPSA) is 49.3 Å². The molecule has 0 saturated carbocycles. The fourth-order valence-electron chi connectivity index (χ4n) is 2.40. The number of fused-ring (bicyclic) bond motifs is 1. The molecule has 1 aliphatic heterocycles. The number of carbonyl (C=O) groups is 1. The predicted molar refractivity (Wildman–Crippen MR) is 77.6 cm³/mol. The van der Waals surface area contributed by atoms with Gasteiger partial charge in [0.2, 0.25) is 5.91 Å². The van der Waals surface area contributed by atoms with Gasteiger partial charge in [0.15, 0.2) is 0 Å². The fourth-order valence-corrected chi connectivity index (χ4v) is 2.67. The third kappa shape index (κ3) is 2.49. The highest BCUT2D eigenvalue weighted by Gasteiger charge is 2.39. The molecule has 0 bridgehead atoms. The number of halogens is 1. The van der Waals surface area contributed by atoms with Gasteiger partial charge in [-0.2, -0.15) is 0 Å². The van der Waals surface area contributed by atoms with E-state index in [4.69, 9.17) is 11.6 Å². The summed E-state index contributed by atoms with van der Waals surface area (Å²) in [6.45, 7) is 5.83. The Kier molecular flexibility index (Phi) is 3.88. The van der Waals surface area contributed by atoms with Crippen molar-refractivity contribution in [1.82, 2.24) is 0 Å². The first-order valence-electron chi connectivity index (χ1n) is 6.71. The Morgan fingerprint density at radius 2 is 2.11 bits per heavy atom. The zero-order valence-electron chi connectivity index (χ0n) is 11.6. The summed E-state index contributed by atoms with van der Waals surface area (Å²) in [5, 5.41) is 13.5. The lowest BCUT2D eigenvalue weighted by atomic mass is 9.84. The van der Waals surface area contributed by atoms with Gasteiger partial charge in [-0.1, -0.05) is 31.4 Å². The van der Waals surface area contributed by atoms with Crippen molar-refractivity contribution >= 4 is 23.2 Å². The molecule has 1 unspecified atom stereocenters. The maximum absolute atomic E-state index is 11.9. The predicted octanol–water partition coefficient (Wildman–Crippen LogP) is 3.79. The smallest absolute Gasteiger partial charge is 0.234 e. The summed E-state index contributed by atoms with van der Waals surface area (Å²) in [5.74, 6) is -0.0513. The Hall–Kier alpha value is -1.06. The molecular formula is C15H20ClNO2. The van der Waals surface area contributed by atoms with Crippen molar-refractivity contribution in [3.63, 3.8) is 0 Å². The molecule has 4 heteroatoms. The molecule has 1 aromatic rings. The van der Waals surface area contributed by atoms with Crippen LogP contribution in [0, 0.1) is 0 Å². The maximum atomic E-state index is 11.9. The SMILES string of the molecule is CCCCC(O)c1cc(Cl)c2c(c1)C(C)(C)C(=O)N2. The Labute approximate surface area is 119 Å². The summed E-state index contributed by atoms with van der Waals surface area (Å²) in [4.78, 5) is 11.9. The highest BCUT2D eigenvalue weighted by Crippen LogP contribution is 2.43. The molecule has 104 valence electrons. The number of unbranched alkanes of at least 4 members (excludes halogenated alkanes) is 1. The van der Waals surface area contributed by atoms with Gasteiger partial charge in [0.25, 0.3) is 0 Å². The highest BCUT2D eigenvalue weighted by atomic mass is 35.5. The molecule has 1 aliphatic rings. The van der Waals surface area contributed by atoms with Crippen LogP contribution in [0.25, 0.3) is 0 Å². The summed E-state index contributed by atoms with van der Waals surface area (Å²) in [6, 6.07) is 3.65.